The number of hydrogen-bond acceptors (Lipinski definition) is 4. The van der Waals surface area contributed by atoms with E-state index in [1.807, 2.05) is 13.0 Å². The molecular formula is C20H26O4. The minimum atomic E-state index is -0.330. The summed E-state index contributed by atoms with van der Waals surface area (Å²) in [5.74, 6) is -0.629. The molecular weight excluding hydrogens is 304 g/mol. The van der Waals surface area contributed by atoms with Crippen LogP contribution in [0.4, 0.5) is 0 Å². The predicted octanol–water partition coefficient (Wildman–Crippen LogP) is 3.86. The van der Waals surface area contributed by atoms with Crippen LogP contribution in [0.25, 0.3) is 0 Å². The third-order valence-electron chi connectivity index (χ3n) is 4.83. The zero-order valence-corrected chi connectivity index (χ0v) is 14.8. The first-order chi connectivity index (χ1) is 11.5. The monoisotopic (exact) mass is 330 g/mol. The molecule has 0 amide bonds. The van der Waals surface area contributed by atoms with Crippen LogP contribution in [0.15, 0.2) is 34.1 Å². The maximum absolute atomic E-state index is 12.9. The molecule has 0 heterocycles. The van der Waals surface area contributed by atoms with Crippen LogP contribution in [-0.2, 0) is 19.1 Å². The second-order valence-electron chi connectivity index (χ2n) is 6.58. The molecule has 4 nitrogen and oxygen atoms in total. The highest BCUT2D eigenvalue weighted by Gasteiger charge is 2.38. The smallest absolute Gasteiger partial charge is 0.224 e. The van der Waals surface area contributed by atoms with Gasteiger partial charge in [-0.15, -0.1) is 0 Å². The van der Waals surface area contributed by atoms with Gasteiger partial charge in [0.1, 0.15) is 0 Å². The van der Waals surface area contributed by atoms with Crippen LogP contribution >= 0.6 is 0 Å². The number of ketones is 2. The van der Waals surface area contributed by atoms with Crippen molar-refractivity contribution in [2.45, 2.75) is 58.8 Å². The minimum Gasteiger partial charge on any atom is -0.492 e. The number of unbranched alkanes of at least 4 members (excludes halogenated alkanes) is 2. The highest BCUT2D eigenvalue weighted by molar-refractivity contribution is 6.31. The standard InChI is InChI=1S/C20H26O4/c1-4-5-6-10-15-16(12-21)18(22)17(20(24-3)19(15)23)14-9-7-8-13(2)11-14/h11-12,14H,4-10H2,1-3H3. The molecule has 0 aromatic carbocycles. The molecule has 0 radical (unpaired) electrons. The average Bonchev–Trinajstić information content (AvgIpc) is 2.57. The Morgan fingerprint density at radius 2 is 2.00 bits per heavy atom. The molecule has 2 aliphatic carbocycles. The van der Waals surface area contributed by atoms with E-state index in [-0.39, 0.29) is 28.8 Å². The molecule has 1 unspecified atom stereocenters. The summed E-state index contributed by atoms with van der Waals surface area (Å²) >= 11 is 0. The summed E-state index contributed by atoms with van der Waals surface area (Å²) in [5, 5.41) is 0. The van der Waals surface area contributed by atoms with Crippen LogP contribution < -0.4 is 0 Å². The van der Waals surface area contributed by atoms with E-state index in [0.29, 0.717) is 23.9 Å². The molecule has 4 heteroatoms. The molecule has 0 spiro atoms. The third kappa shape index (κ3) is 3.58. The second-order valence-corrected chi connectivity index (χ2v) is 6.58. The number of Topliss-reactive ketones (excluding diaryl/α,β-unsaturated/α-hetero) is 2. The quantitative estimate of drug-likeness (QED) is 0.234. The van der Waals surface area contributed by atoms with Gasteiger partial charge in [0.25, 0.3) is 0 Å². The maximum atomic E-state index is 12.9. The number of ether oxygens (including phenoxy) is 1. The van der Waals surface area contributed by atoms with Crippen LogP contribution in [0.3, 0.4) is 0 Å². The third-order valence-corrected chi connectivity index (χ3v) is 4.83. The summed E-state index contributed by atoms with van der Waals surface area (Å²) in [6.07, 6.45) is 8.57. The van der Waals surface area contributed by atoms with Crippen molar-refractivity contribution in [3.63, 3.8) is 0 Å². The molecule has 2 aliphatic rings. The topological polar surface area (TPSA) is 60.4 Å². The van der Waals surface area contributed by atoms with E-state index in [1.54, 1.807) is 0 Å². The Morgan fingerprint density at radius 1 is 1.25 bits per heavy atom. The Bertz CT molecular complexity index is 634. The van der Waals surface area contributed by atoms with Crippen molar-refractivity contribution in [2.75, 3.05) is 7.11 Å². The molecule has 130 valence electrons. The first kappa shape index (κ1) is 18.4. The van der Waals surface area contributed by atoms with Crippen LogP contribution in [0.1, 0.15) is 58.8 Å². The molecule has 0 aromatic rings. The number of rotatable bonds is 7. The van der Waals surface area contributed by atoms with Crippen molar-refractivity contribution in [1.82, 2.24) is 0 Å². The van der Waals surface area contributed by atoms with Gasteiger partial charge in [-0.25, -0.2) is 0 Å². The van der Waals surface area contributed by atoms with Crippen LogP contribution in [0, 0.1) is 5.92 Å². The lowest BCUT2D eigenvalue weighted by molar-refractivity contribution is -0.120. The number of hydrogen-bond donors (Lipinski definition) is 0. The minimum absolute atomic E-state index is 0.0310. The van der Waals surface area contributed by atoms with Gasteiger partial charge in [-0.1, -0.05) is 31.4 Å². The van der Waals surface area contributed by atoms with Crippen LogP contribution in [0.5, 0.6) is 0 Å². The molecule has 1 atom stereocenters. The first-order valence-electron chi connectivity index (χ1n) is 8.78. The predicted molar refractivity (Wildman–Crippen MR) is 92.4 cm³/mol. The highest BCUT2D eigenvalue weighted by Crippen LogP contribution is 2.36. The number of carbonyl (C=O) groups excluding carboxylic acids is 3. The van der Waals surface area contributed by atoms with Gasteiger partial charge in [-0.3, -0.25) is 14.4 Å². The van der Waals surface area contributed by atoms with Crippen molar-refractivity contribution in [3.8, 4) is 0 Å². The Labute approximate surface area is 143 Å². The van der Waals surface area contributed by atoms with Gasteiger partial charge < -0.3 is 4.74 Å². The van der Waals surface area contributed by atoms with E-state index in [4.69, 9.17) is 4.74 Å². The zero-order chi connectivity index (χ0) is 17.7. The van der Waals surface area contributed by atoms with Crippen molar-refractivity contribution in [1.29, 1.82) is 0 Å². The molecule has 0 aliphatic heterocycles. The maximum Gasteiger partial charge on any atom is 0.224 e. The Morgan fingerprint density at radius 3 is 2.58 bits per heavy atom. The Balaban J connectivity index is 2.43. The van der Waals surface area contributed by atoms with Crippen molar-refractivity contribution in [2.24, 2.45) is 5.92 Å². The van der Waals surface area contributed by atoms with E-state index in [2.05, 4.69) is 6.92 Å². The molecule has 0 bridgehead atoms. The molecule has 0 aromatic heterocycles. The first-order valence-corrected chi connectivity index (χ1v) is 8.78. The molecule has 24 heavy (non-hydrogen) atoms. The largest absolute Gasteiger partial charge is 0.492 e. The molecule has 0 N–H and O–H groups in total. The van der Waals surface area contributed by atoms with Gasteiger partial charge in [-0.2, -0.15) is 0 Å². The fraction of sp³-hybridized carbons (Fsp3) is 0.550. The van der Waals surface area contributed by atoms with E-state index >= 15 is 0 Å². The van der Waals surface area contributed by atoms with Crippen LogP contribution in [0.2, 0.25) is 0 Å². The molecule has 0 saturated heterocycles. The van der Waals surface area contributed by atoms with Crippen molar-refractivity contribution in [3.05, 3.63) is 34.1 Å². The van der Waals surface area contributed by atoms with Gasteiger partial charge >= 0.3 is 0 Å². The Kier molecular flexibility index (Phi) is 6.29. The van der Waals surface area contributed by atoms with Gasteiger partial charge in [0, 0.05) is 11.5 Å². The molecule has 2 rings (SSSR count). The second kappa shape index (κ2) is 8.22. The van der Waals surface area contributed by atoms with Gasteiger partial charge in [-0.05, 0) is 39.0 Å². The number of methoxy groups -OCH3 is 1. The van der Waals surface area contributed by atoms with Gasteiger partial charge in [0.15, 0.2) is 17.8 Å². The normalized spacial score (nSPS) is 22.0. The lowest BCUT2D eigenvalue weighted by Gasteiger charge is -2.27. The summed E-state index contributed by atoms with van der Waals surface area (Å²) in [6, 6.07) is 0. The lowest BCUT2D eigenvalue weighted by Crippen LogP contribution is -2.29. The van der Waals surface area contributed by atoms with E-state index in [0.717, 1.165) is 38.5 Å². The van der Waals surface area contributed by atoms with Gasteiger partial charge in [0.05, 0.1) is 18.3 Å². The van der Waals surface area contributed by atoms with Gasteiger partial charge in [0.2, 0.25) is 5.78 Å². The van der Waals surface area contributed by atoms with E-state index < -0.39 is 0 Å². The summed E-state index contributed by atoms with van der Waals surface area (Å²) in [7, 11) is 1.43. The number of aldehydes is 1. The zero-order valence-electron chi connectivity index (χ0n) is 14.8. The highest BCUT2D eigenvalue weighted by atomic mass is 16.5. The van der Waals surface area contributed by atoms with Crippen molar-refractivity contribution < 1.29 is 19.1 Å². The fourth-order valence-electron chi connectivity index (χ4n) is 3.57. The van der Waals surface area contributed by atoms with E-state index in [1.165, 1.54) is 12.7 Å². The van der Waals surface area contributed by atoms with Crippen molar-refractivity contribution >= 4 is 17.9 Å². The summed E-state index contributed by atoms with van der Waals surface area (Å²) in [4.78, 5) is 37.3. The van der Waals surface area contributed by atoms with Crippen LogP contribution in [-0.4, -0.2) is 25.0 Å². The summed E-state index contributed by atoms with van der Waals surface area (Å²) in [5.41, 5.74) is 1.92. The SMILES string of the molecule is CCCCCC1=C(C=O)C(=O)C(C2C=C(C)CCC2)=C(OC)C1=O. The number of allylic oxidation sites excluding steroid dienone is 5. The average molecular weight is 330 g/mol. The lowest BCUT2D eigenvalue weighted by atomic mass is 9.77. The summed E-state index contributed by atoms with van der Waals surface area (Å²) < 4.78 is 5.33. The molecule has 0 saturated carbocycles. The Hall–Kier alpha value is -1.97. The molecule has 0 fully saturated rings. The summed E-state index contributed by atoms with van der Waals surface area (Å²) in [6.45, 7) is 4.10. The van der Waals surface area contributed by atoms with E-state index in [9.17, 15) is 14.4 Å². The fourth-order valence-corrected chi connectivity index (χ4v) is 3.57. The number of carbonyl (C=O) groups is 3.